The van der Waals surface area contributed by atoms with Crippen molar-refractivity contribution in [2.24, 2.45) is 13.0 Å². The Morgan fingerprint density at radius 1 is 1.17 bits per heavy atom. The Labute approximate surface area is 179 Å². The molecule has 152 valence electrons. The molecule has 0 saturated heterocycles. The van der Waals surface area contributed by atoms with Crippen molar-refractivity contribution in [2.75, 3.05) is 14.1 Å². The molecule has 3 aromatic heterocycles. The molecule has 3 atom stereocenters. The monoisotopic (exact) mass is 417 g/mol. The van der Waals surface area contributed by atoms with Gasteiger partial charge < -0.3 is 0 Å². The van der Waals surface area contributed by atoms with Gasteiger partial charge in [-0.3, -0.25) is 9.58 Å². The van der Waals surface area contributed by atoms with Crippen molar-refractivity contribution < 1.29 is 0 Å². The summed E-state index contributed by atoms with van der Waals surface area (Å²) in [5, 5.41) is 17.7. The predicted octanol–water partition coefficient (Wildman–Crippen LogP) is 3.21. The Balaban J connectivity index is 1.32. The van der Waals surface area contributed by atoms with Crippen LogP contribution in [0.1, 0.15) is 29.8 Å². The standard InChI is InChI=1S/C22H23N7S/c1-13-21-16-6-5-14(9-18(16)30-22(13,21)27(2)3)10-20-25-24-19-8-7-17(26-29(19)20)15-11-23-28(4)12-15/h5-9,11-13,21H,10H2,1-4H3/t13-,21?,22+/m1/s1. The summed E-state index contributed by atoms with van der Waals surface area (Å²) in [5.41, 5.74) is 5.34. The van der Waals surface area contributed by atoms with E-state index in [-0.39, 0.29) is 4.87 Å². The van der Waals surface area contributed by atoms with Gasteiger partial charge in [0.1, 0.15) is 0 Å². The molecule has 8 heteroatoms. The highest BCUT2D eigenvalue weighted by atomic mass is 32.2. The lowest BCUT2D eigenvalue weighted by Crippen LogP contribution is -2.28. The molecule has 0 bridgehead atoms. The van der Waals surface area contributed by atoms with Crippen molar-refractivity contribution in [3.8, 4) is 11.3 Å². The topological polar surface area (TPSA) is 64.1 Å². The number of hydrogen-bond donors (Lipinski definition) is 0. The first-order valence-electron chi connectivity index (χ1n) is 10.2. The van der Waals surface area contributed by atoms with Gasteiger partial charge in [-0.25, -0.2) is 0 Å². The minimum absolute atomic E-state index is 0.239. The third-order valence-corrected chi connectivity index (χ3v) is 8.46. The van der Waals surface area contributed by atoms with E-state index < -0.39 is 0 Å². The average molecular weight is 418 g/mol. The lowest BCUT2D eigenvalue weighted by atomic mass is 10.0. The van der Waals surface area contributed by atoms with E-state index in [1.807, 2.05) is 47.9 Å². The van der Waals surface area contributed by atoms with E-state index in [2.05, 4.69) is 59.4 Å². The van der Waals surface area contributed by atoms with Gasteiger partial charge in [-0.15, -0.1) is 22.0 Å². The maximum atomic E-state index is 4.78. The molecular formula is C22H23N7S. The van der Waals surface area contributed by atoms with E-state index in [1.165, 1.54) is 16.0 Å². The average Bonchev–Trinajstić information content (AvgIpc) is 3.15. The molecule has 1 aromatic carbocycles. The van der Waals surface area contributed by atoms with Crippen molar-refractivity contribution in [1.29, 1.82) is 0 Å². The van der Waals surface area contributed by atoms with E-state index in [0.29, 0.717) is 18.3 Å². The van der Waals surface area contributed by atoms with Gasteiger partial charge in [-0.05, 0) is 49.3 Å². The van der Waals surface area contributed by atoms with E-state index >= 15 is 0 Å². The predicted molar refractivity (Wildman–Crippen MR) is 116 cm³/mol. The van der Waals surface area contributed by atoms with Crippen molar-refractivity contribution in [1.82, 2.24) is 34.5 Å². The fraction of sp³-hybridized carbons (Fsp3) is 0.364. The maximum Gasteiger partial charge on any atom is 0.177 e. The first-order valence-corrected chi connectivity index (χ1v) is 11.0. The van der Waals surface area contributed by atoms with E-state index in [1.54, 1.807) is 4.68 Å². The number of hydrogen-bond acceptors (Lipinski definition) is 6. The lowest BCUT2D eigenvalue weighted by molar-refractivity contribution is 0.348. The van der Waals surface area contributed by atoms with Crippen LogP contribution in [0.4, 0.5) is 0 Å². The van der Waals surface area contributed by atoms with Crippen molar-refractivity contribution in [3.63, 3.8) is 0 Å². The van der Waals surface area contributed by atoms with Gasteiger partial charge in [0.2, 0.25) is 0 Å². The van der Waals surface area contributed by atoms with Gasteiger partial charge in [0.15, 0.2) is 11.5 Å². The summed E-state index contributed by atoms with van der Waals surface area (Å²) in [7, 11) is 6.30. The van der Waals surface area contributed by atoms with Crippen LogP contribution in [0.25, 0.3) is 16.9 Å². The molecule has 0 N–H and O–H groups in total. The summed E-state index contributed by atoms with van der Waals surface area (Å²) in [4.78, 5) is 4.03. The highest BCUT2D eigenvalue weighted by Crippen LogP contribution is 2.73. The van der Waals surface area contributed by atoms with E-state index in [0.717, 1.165) is 22.7 Å². The van der Waals surface area contributed by atoms with Crippen LogP contribution in [0.2, 0.25) is 0 Å². The second kappa shape index (κ2) is 6.15. The molecule has 0 radical (unpaired) electrons. The Kier molecular flexibility index (Phi) is 3.71. The first kappa shape index (κ1) is 18.1. The molecule has 1 aliphatic heterocycles. The van der Waals surface area contributed by atoms with Crippen LogP contribution in [0.5, 0.6) is 0 Å². The Bertz CT molecular complexity index is 1290. The van der Waals surface area contributed by atoms with Crippen LogP contribution in [-0.4, -0.2) is 53.5 Å². The molecule has 6 rings (SSSR count). The minimum atomic E-state index is 0.239. The number of likely N-dealkylation sites (N-methyl/N-ethyl adjacent to an activating group) is 1. The van der Waals surface area contributed by atoms with Crippen molar-refractivity contribution in [2.45, 2.75) is 29.0 Å². The molecular weight excluding hydrogens is 394 g/mol. The third kappa shape index (κ3) is 2.43. The molecule has 0 amide bonds. The molecule has 1 saturated carbocycles. The fourth-order valence-corrected chi connectivity index (χ4v) is 6.75. The second-order valence-electron chi connectivity index (χ2n) is 8.57. The van der Waals surface area contributed by atoms with Gasteiger partial charge in [-0.1, -0.05) is 19.1 Å². The molecule has 30 heavy (non-hydrogen) atoms. The van der Waals surface area contributed by atoms with Crippen LogP contribution < -0.4 is 0 Å². The van der Waals surface area contributed by atoms with Crippen LogP contribution in [0, 0.1) is 5.92 Å². The normalized spacial score (nSPS) is 24.4. The zero-order chi connectivity index (χ0) is 20.6. The molecule has 1 fully saturated rings. The van der Waals surface area contributed by atoms with Crippen LogP contribution in [0.15, 0.2) is 47.6 Å². The summed E-state index contributed by atoms with van der Waals surface area (Å²) in [6.45, 7) is 2.36. The molecule has 1 aliphatic carbocycles. The highest BCUT2D eigenvalue weighted by molar-refractivity contribution is 8.01. The number of rotatable bonds is 4. The molecule has 4 aromatic rings. The molecule has 2 aliphatic rings. The summed E-state index contributed by atoms with van der Waals surface area (Å²) >= 11 is 2.02. The van der Waals surface area contributed by atoms with Gasteiger partial charge >= 0.3 is 0 Å². The SMILES string of the molecule is C[C@@H]1C2c3ccc(Cc4nnc5ccc(-c6cnn(C)c6)nn45)cc3S[C@]21N(C)C. The zero-order valence-corrected chi connectivity index (χ0v) is 18.3. The van der Waals surface area contributed by atoms with Gasteiger partial charge in [-0.2, -0.15) is 14.7 Å². The van der Waals surface area contributed by atoms with Gasteiger partial charge in [0.25, 0.3) is 0 Å². The van der Waals surface area contributed by atoms with E-state index in [9.17, 15) is 0 Å². The number of nitrogens with zero attached hydrogens (tertiary/aromatic N) is 7. The molecule has 4 heterocycles. The largest absolute Gasteiger partial charge is 0.294 e. The van der Waals surface area contributed by atoms with Crippen molar-refractivity contribution >= 4 is 17.4 Å². The molecule has 1 unspecified atom stereocenters. The minimum Gasteiger partial charge on any atom is -0.294 e. The Hall–Kier alpha value is -2.71. The van der Waals surface area contributed by atoms with Crippen LogP contribution in [-0.2, 0) is 13.5 Å². The maximum absolute atomic E-state index is 4.78. The number of benzene rings is 1. The zero-order valence-electron chi connectivity index (χ0n) is 17.4. The first-order chi connectivity index (χ1) is 14.5. The van der Waals surface area contributed by atoms with Gasteiger partial charge in [0.05, 0.1) is 16.8 Å². The Morgan fingerprint density at radius 2 is 2.03 bits per heavy atom. The van der Waals surface area contributed by atoms with E-state index in [4.69, 9.17) is 5.10 Å². The summed E-state index contributed by atoms with van der Waals surface area (Å²) in [5.74, 6) is 2.19. The smallest absolute Gasteiger partial charge is 0.177 e. The quantitative estimate of drug-likeness (QED) is 0.508. The number of aryl methyl sites for hydroxylation is 1. The summed E-state index contributed by atoms with van der Waals surface area (Å²) < 4.78 is 3.63. The second-order valence-corrected chi connectivity index (χ2v) is 9.87. The molecule has 7 nitrogen and oxygen atoms in total. The lowest BCUT2D eigenvalue weighted by Gasteiger charge is -2.22. The van der Waals surface area contributed by atoms with Gasteiger partial charge in [0, 0.05) is 36.0 Å². The van der Waals surface area contributed by atoms with Crippen LogP contribution >= 0.6 is 11.8 Å². The number of thioether (sulfide) groups is 1. The number of aromatic nitrogens is 6. The highest BCUT2D eigenvalue weighted by Gasteiger charge is 2.69. The summed E-state index contributed by atoms with van der Waals surface area (Å²) in [6, 6.07) is 10.8. The molecule has 0 spiro atoms. The van der Waals surface area contributed by atoms with Crippen molar-refractivity contribution in [3.05, 3.63) is 59.7 Å². The summed E-state index contributed by atoms with van der Waals surface area (Å²) in [6.07, 6.45) is 4.49. The Morgan fingerprint density at radius 3 is 2.80 bits per heavy atom. The van der Waals surface area contributed by atoms with Crippen LogP contribution in [0.3, 0.4) is 0 Å². The fourth-order valence-electron chi connectivity index (χ4n) is 4.98. The third-order valence-electron chi connectivity index (χ3n) is 6.56. The number of fused-ring (bicyclic) bond motifs is 4.